The van der Waals surface area contributed by atoms with Crippen molar-refractivity contribution in [3.63, 3.8) is 0 Å². The third-order valence-electron chi connectivity index (χ3n) is 3.31. The van der Waals surface area contributed by atoms with Crippen molar-refractivity contribution in [3.05, 3.63) is 54.1 Å². The van der Waals surface area contributed by atoms with E-state index in [0.29, 0.717) is 5.75 Å². The molecule has 5 heteroatoms. The second-order valence-electron chi connectivity index (χ2n) is 4.83. The Balaban J connectivity index is 1.97. The third kappa shape index (κ3) is 2.59. The molecule has 0 saturated carbocycles. The summed E-state index contributed by atoms with van der Waals surface area (Å²) < 4.78 is 0. The van der Waals surface area contributed by atoms with Crippen molar-refractivity contribution in [2.24, 2.45) is 5.90 Å². The van der Waals surface area contributed by atoms with Crippen LogP contribution in [0.15, 0.2) is 48.5 Å². The molecule has 0 atom stereocenters. The Kier molecular flexibility index (Phi) is 3.33. The first-order valence-corrected chi connectivity index (χ1v) is 6.50. The molecule has 0 amide bonds. The zero-order valence-electron chi connectivity index (χ0n) is 11.5. The first-order valence-electron chi connectivity index (χ1n) is 6.50. The summed E-state index contributed by atoms with van der Waals surface area (Å²) in [5, 5.41) is 17.2. The number of aromatic hydroxyl groups is 1. The van der Waals surface area contributed by atoms with Gasteiger partial charge in [0.15, 0.2) is 0 Å². The molecule has 0 aliphatic heterocycles. The Labute approximate surface area is 122 Å². The summed E-state index contributed by atoms with van der Waals surface area (Å²) >= 11 is 0. The van der Waals surface area contributed by atoms with Gasteiger partial charge in [-0.05, 0) is 49.4 Å². The number of aryl methyl sites for hydroxylation is 1. The summed E-state index contributed by atoms with van der Waals surface area (Å²) in [6.45, 7) is 1.98. The molecule has 2 aromatic carbocycles. The topological polar surface area (TPSA) is 84.2 Å². The molecular formula is C16H15N3O2. The van der Waals surface area contributed by atoms with E-state index in [1.165, 1.54) is 0 Å². The number of nitrogens with two attached hydrogens (primary N) is 1. The molecule has 21 heavy (non-hydrogen) atoms. The van der Waals surface area contributed by atoms with Crippen LogP contribution in [0, 0.1) is 6.92 Å². The fourth-order valence-electron chi connectivity index (χ4n) is 2.18. The second kappa shape index (κ2) is 5.30. The van der Waals surface area contributed by atoms with Gasteiger partial charge in [-0.3, -0.25) is 5.10 Å². The Bertz CT molecular complexity index is 763. The summed E-state index contributed by atoms with van der Waals surface area (Å²) in [4.78, 5) is 4.65. The van der Waals surface area contributed by atoms with Crippen molar-refractivity contribution < 1.29 is 9.94 Å². The van der Waals surface area contributed by atoms with Crippen LogP contribution in [0.3, 0.4) is 0 Å². The van der Waals surface area contributed by atoms with Gasteiger partial charge in [-0.25, -0.2) is 0 Å². The zero-order chi connectivity index (χ0) is 14.8. The van der Waals surface area contributed by atoms with Gasteiger partial charge in [-0.15, -0.1) is 0 Å². The molecule has 4 N–H and O–H groups in total. The molecule has 0 spiro atoms. The van der Waals surface area contributed by atoms with Gasteiger partial charge in [0.1, 0.15) is 11.5 Å². The molecule has 5 nitrogen and oxygen atoms in total. The van der Waals surface area contributed by atoms with Gasteiger partial charge in [0.05, 0.1) is 11.4 Å². The van der Waals surface area contributed by atoms with Crippen molar-refractivity contribution in [2.45, 2.75) is 6.92 Å². The van der Waals surface area contributed by atoms with Crippen LogP contribution >= 0.6 is 0 Å². The first kappa shape index (κ1) is 13.2. The highest BCUT2D eigenvalue weighted by Gasteiger charge is 2.09. The van der Waals surface area contributed by atoms with Crippen LogP contribution in [0.25, 0.3) is 22.5 Å². The van der Waals surface area contributed by atoms with Crippen molar-refractivity contribution in [2.75, 3.05) is 0 Å². The van der Waals surface area contributed by atoms with E-state index in [9.17, 15) is 5.11 Å². The van der Waals surface area contributed by atoms with Crippen LogP contribution in [0.5, 0.6) is 11.5 Å². The molecule has 1 aromatic heterocycles. The van der Waals surface area contributed by atoms with Crippen LogP contribution < -0.4 is 10.7 Å². The Hall–Kier alpha value is -2.79. The fraction of sp³-hybridized carbons (Fsp3) is 0.0625. The highest BCUT2D eigenvalue weighted by Crippen LogP contribution is 2.31. The largest absolute Gasteiger partial charge is 0.507 e. The SMILES string of the molecule is Cc1ccc(O)c(-c2cc(-c3ccc(ON)cc3)n[nH]2)c1. The number of rotatable bonds is 3. The minimum atomic E-state index is 0.225. The van der Waals surface area contributed by atoms with E-state index in [4.69, 9.17) is 5.90 Å². The molecule has 0 aliphatic rings. The van der Waals surface area contributed by atoms with Gasteiger partial charge in [0.25, 0.3) is 0 Å². The van der Waals surface area contributed by atoms with E-state index in [0.717, 1.165) is 28.1 Å². The molecule has 0 aliphatic carbocycles. The average Bonchev–Trinajstić information content (AvgIpc) is 2.99. The summed E-state index contributed by atoms with van der Waals surface area (Å²) in [7, 11) is 0. The Morgan fingerprint density at radius 3 is 2.57 bits per heavy atom. The number of hydrogen-bond acceptors (Lipinski definition) is 4. The van der Waals surface area contributed by atoms with E-state index >= 15 is 0 Å². The van der Waals surface area contributed by atoms with E-state index < -0.39 is 0 Å². The number of aromatic amines is 1. The molecule has 0 unspecified atom stereocenters. The maximum Gasteiger partial charge on any atom is 0.146 e. The number of aromatic nitrogens is 2. The number of benzene rings is 2. The standard InChI is InChI=1S/C16H15N3O2/c1-10-2-7-16(20)13(8-10)15-9-14(18-19-15)11-3-5-12(21-17)6-4-11/h2-9,20H,17H2,1H3,(H,18,19). The Morgan fingerprint density at radius 1 is 1.10 bits per heavy atom. The first-order chi connectivity index (χ1) is 10.2. The molecule has 3 aromatic rings. The minimum absolute atomic E-state index is 0.225. The van der Waals surface area contributed by atoms with Gasteiger partial charge >= 0.3 is 0 Å². The third-order valence-corrected chi connectivity index (χ3v) is 3.31. The molecular weight excluding hydrogens is 266 g/mol. The highest BCUT2D eigenvalue weighted by molar-refractivity contribution is 5.72. The monoisotopic (exact) mass is 281 g/mol. The van der Waals surface area contributed by atoms with Gasteiger partial charge < -0.3 is 9.94 Å². The smallest absolute Gasteiger partial charge is 0.146 e. The summed E-state index contributed by atoms with van der Waals surface area (Å²) in [6, 6.07) is 14.6. The second-order valence-corrected chi connectivity index (χ2v) is 4.83. The van der Waals surface area contributed by atoms with E-state index in [2.05, 4.69) is 15.0 Å². The minimum Gasteiger partial charge on any atom is -0.507 e. The highest BCUT2D eigenvalue weighted by atomic mass is 16.6. The lowest BCUT2D eigenvalue weighted by atomic mass is 10.1. The maximum absolute atomic E-state index is 9.96. The molecule has 0 saturated heterocycles. The van der Waals surface area contributed by atoms with Crippen molar-refractivity contribution in [1.29, 1.82) is 0 Å². The van der Waals surface area contributed by atoms with Gasteiger partial charge in [-0.1, -0.05) is 11.6 Å². The van der Waals surface area contributed by atoms with Crippen LogP contribution in [-0.4, -0.2) is 15.3 Å². The molecule has 106 valence electrons. The zero-order valence-corrected chi connectivity index (χ0v) is 11.5. The van der Waals surface area contributed by atoms with E-state index in [1.54, 1.807) is 18.2 Å². The number of hydrogen-bond donors (Lipinski definition) is 3. The molecule has 0 fully saturated rings. The predicted molar refractivity (Wildman–Crippen MR) is 80.7 cm³/mol. The number of H-pyrrole nitrogens is 1. The van der Waals surface area contributed by atoms with E-state index in [-0.39, 0.29) is 5.75 Å². The van der Waals surface area contributed by atoms with Crippen LogP contribution in [-0.2, 0) is 0 Å². The van der Waals surface area contributed by atoms with Gasteiger partial charge in [-0.2, -0.15) is 11.0 Å². The van der Waals surface area contributed by atoms with Crippen molar-refractivity contribution >= 4 is 0 Å². The maximum atomic E-state index is 9.96. The Morgan fingerprint density at radius 2 is 1.86 bits per heavy atom. The average molecular weight is 281 g/mol. The lowest BCUT2D eigenvalue weighted by Gasteiger charge is -2.02. The molecule has 0 radical (unpaired) electrons. The van der Waals surface area contributed by atoms with Crippen LogP contribution in [0.2, 0.25) is 0 Å². The summed E-state index contributed by atoms with van der Waals surface area (Å²) in [5.41, 5.74) is 4.30. The number of phenolic OH excluding ortho intramolecular Hbond substituents is 1. The van der Waals surface area contributed by atoms with Gasteiger partial charge in [0, 0.05) is 11.1 Å². The van der Waals surface area contributed by atoms with Gasteiger partial charge in [0.2, 0.25) is 0 Å². The van der Waals surface area contributed by atoms with E-state index in [1.807, 2.05) is 37.3 Å². The predicted octanol–water partition coefficient (Wildman–Crippen LogP) is 3.01. The summed E-state index contributed by atoms with van der Waals surface area (Å²) in [5.74, 6) is 5.91. The van der Waals surface area contributed by atoms with Crippen molar-refractivity contribution in [1.82, 2.24) is 10.2 Å². The molecule has 3 rings (SSSR count). The summed E-state index contributed by atoms with van der Waals surface area (Å²) in [6.07, 6.45) is 0. The number of phenols is 1. The quantitative estimate of drug-likeness (QED) is 0.644. The number of nitrogens with zero attached hydrogens (tertiary/aromatic N) is 1. The fourth-order valence-corrected chi connectivity index (χ4v) is 2.18. The molecule has 0 bridgehead atoms. The normalized spacial score (nSPS) is 10.6. The van der Waals surface area contributed by atoms with Crippen molar-refractivity contribution in [3.8, 4) is 34.0 Å². The lowest BCUT2D eigenvalue weighted by molar-refractivity contribution is 0.334. The lowest BCUT2D eigenvalue weighted by Crippen LogP contribution is -2.01. The van der Waals surface area contributed by atoms with Crippen LogP contribution in [0.4, 0.5) is 0 Å². The molecule has 1 heterocycles. The van der Waals surface area contributed by atoms with Crippen LogP contribution in [0.1, 0.15) is 5.56 Å². The number of nitrogens with one attached hydrogen (secondary N) is 1.